The third-order valence-electron chi connectivity index (χ3n) is 7.58. The Morgan fingerprint density at radius 3 is 2.28 bits per heavy atom. The van der Waals surface area contributed by atoms with Crippen LogP contribution in [0.25, 0.3) is 11.1 Å². The molecule has 0 fully saturated rings. The van der Waals surface area contributed by atoms with Crippen molar-refractivity contribution in [2.75, 3.05) is 24.4 Å². The van der Waals surface area contributed by atoms with Gasteiger partial charge in [0.2, 0.25) is 0 Å². The molecule has 0 aliphatic carbocycles. The third kappa shape index (κ3) is 5.81. The van der Waals surface area contributed by atoms with Gasteiger partial charge in [-0.2, -0.15) is 0 Å². The smallest absolute Gasteiger partial charge is 0.343 e. The summed E-state index contributed by atoms with van der Waals surface area (Å²) >= 11 is 0. The average Bonchev–Trinajstić information content (AvgIpc) is 2.99. The van der Waals surface area contributed by atoms with Crippen molar-refractivity contribution >= 4 is 29.2 Å². The Bertz CT molecular complexity index is 1730. The average molecular weight is 579 g/mol. The fraction of sp³-hybridized carbons (Fsp3) is 0.229. The predicted octanol–water partition coefficient (Wildman–Crippen LogP) is 6.72. The summed E-state index contributed by atoms with van der Waals surface area (Å²) in [5, 5.41) is 3.32. The molecule has 5 rings (SSSR count). The number of benzene rings is 4. The molecule has 1 aliphatic rings. The fourth-order valence-electron chi connectivity index (χ4n) is 5.26. The number of esters is 2. The Hall–Kier alpha value is -5.11. The number of aryl methyl sites for hydroxylation is 2. The van der Waals surface area contributed by atoms with Crippen molar-refractivity contribution < 1.29 is 28.6 Å². The molecule has 0 radical (unpaired) electrons. The zero-order valence-electron chi connectivity index (χ0n) is 25.1. The lowest BCUT2D eigenvalue weighted by Crippen LogP contribution is -2.52. The second-order valence-electron chi connectivity index (χ2n) is 11.1. The van der Waals surface area contributed by atoms with E-state index in [0.29, 0.717) is 45.0 Å². The van der Waals surface area contributed by atoms with Gasteiger partial charge < -0.3 is 24.4 Å². The predicted molar refractivity (Wildman–Crippen MR) is 166 cm³/mol. The van der Waals surface area contributed by atoms with Crippen LogP contribution in [0.3, 0.4) is 0 Å². The van der Waals surface area contributed by atoms with Crippen LogP contribution in [0.2, 0.25) is 0 Å². The van der Waals surface area contributed by atoms with Gasteiger partial charge in [-0.1, -0.05) is 42.0 Å². The monoisotopic (exact) mass is 578 g/mol. The van der Waals surface area contributed by atoms with Crippen molar-refractivity contribution in [3.8, 4) is 22.6 Å². The number of ether oxygens (including phenoxy) is 3. The number of nitrogens with one attached hydrogen (secondary N) is 1. The van der Waals surface area contributed by atoms with Gasteiger partial charge in [0.05, 0.1) is 29.6 Å². The molecule has 4 aromatic rings. The highest BCUT2D eigenvalue weighted by molar-refractivity contribution is 6.09. The Morgan fingerprint density at radius 2 is 1.58 bits per heavy atom. The molecule has 1 aliphatic heterocycles. The van der Waals surface area contributed by atoms with Crippen molar-refractivity contribution in [1.29, 1.82) is 0 Å². The van der Waals surface area contributed by atoms with E-state index in [0.717, 1.165) is 16.8 Å². The number of anilines is 2. The number of carbonyl (C=O) groups is 3. The van der Waals surface area contributed by atoms with Crippen molar-refractivity contribution in [2.24, 2.45) is 0 Å². The number of nitrogens with zero attached hydrogens (tertiary/aromatic N) is 1. The quantitative estimate of drug-likeness (QED) is 0.192. The maximum Gasteiger partial charge on any atom is 0.343 e. The van der Waals surface area contributed by atoms with Gasteiger partial charge in [0.25, 0.3) is 5.91 Å². The van der Waals surface area contributed by atoms with Gasteiger partial charge in [0, 0.05) is 24.2 Å². The van der Waals surface area contributed by atoms with Gasteiger partial charge in [0.1, 0.15) is 23.6 Å². The summed E-state index contributed by atoms with van der Waals surface area (Å²) in [7, 11) is 3.24. The summed E-state index contributed by atoms with van der Waals surface area (Å²) in [6.07, 6.45) is 0. The van der Waals surface area contributed by atoms with E-state index in [4.69, 9.17) is 14.2 Å². The number of methoxy groups -OCH3 is 1. The molecule has 220 valence electrons. The van der Waals surface area contributed by atoms with Crippen molar-refractivity contribution in [2.45, 2.75) is 39.8 Å². The zero-order chi connectivity index (χ0) is 30.9. The minimum absolute atomic E-state index is 0.0991. The molecular weight excluding hydrogens is 544 g/mol. The standard InChI is InChI=1S/C35H34N2O6/c1-21-11-13-23(14-12-21)32(38)42-20-28-26(17-18-29-31(28)37(5)34(40)35(3,4)36-29)27-16-15-24(19-30(27)41-6)43-33(39)25-10-8-7-9-22(25)2/h7-19,36H,20H2,1-6H3. The van der Waals surface area contributed by atoms with Crippen molar-refractivity contribution in [1.82, 2.24) is 0 Å². The van der Waals surface area contributed by atoms with E-state index in [9.17, 15) is 14.4 Å². The molecule has 1 N–H and O–H groups in total. The van der Waals surface area contributed by atoms with E-state index >= 15 is 0 Å². The first-order chi connectivity index (χ1) is 20.5. The molecule has 4 aromatic carbocycles. The highest BCUT2D eigenvalue weighted by Gasteiger charge is 2.39. The number of carbonyl (C=O) groups excluding carboxylic acids is 3. The first kappa shape index (κ1) is 29.4. The van der Waals surface area contributed by atoms with Crippen molar-refractivity contribution in [3.63, 3.8) is 0 Å². The Balaban J connectivity index is 1.55. The van der Waals surface area contributed by atoms with Crippen LogP contribution in [-0.4, -0.2) is 37.5 Å². The molecule has 43 heavy (non-hydrogen) atoms. The fourth-order valence-corrected chi connectivity index (χ4v) is 5.26. The molecule has 0 aromatic heterocycles. The van der Waals surface area contributed by atoms with Gasteiger partial charge in [-0.05, 0) is 75.2 Å². The van der Waals surface area contributed by atoms with E-state index in [-0.39, 0.29) is 12.5 Å². The first-order valence-electron chi connectivity index (χ1n) is 13.9. The molecule has 0 atom stereocenters. The minimum Gasteiger partial charge on any atom is -0.496 e. The van der Waals surface area contributed by atoms with Gasteiger partial charge in [-0.15, -0.1) is 0 Å². The summed E-state index contributed by atoms with van der Waals surface area (Å²) in [5.41, 5.74) is 5.27. The molecule has 8 heteroatoms. The Morgan fingerprint density at radius 1 is 0.884 bits per heavy atom. The van der Waals surface area contributed by atoms with Crippen LogP contribution < -0.4 is 19.7 Å². The lowest BCUT2D eigenvalue weighted by Gasteiger charge is -2.39. The lowest BCUT2D eigenvalue weighted by atomic mass is 9.91. The van der Waals surface area contributed by atoms with Gasteiger partial charge in [-0.3, -0.25) is 4.79 Å². The van der Waals surface area contributed by atoms with Crippen molar-refractivity contribution in [3.05, 3.63) is 107 Å². The second-order valence-corrected chi connectivity index (χ2v) is 11.1. The molecule has 0 bridgehead atoms. The van der Waals surface area contributed by atoms with Crippen LogP contribution >= 0.6 is 0 Å². The second kappa shape index (κ2) is 11.6. The molecule has 1 amide bonds. The van der Waals surface area contributed by atoms with E-state index in [2.05, 4.69) is 5.32 Å². The largest absolute Gasteiger partial charge is 0.496 e. The number of fused-ring (bicyclic) bond motifs is 1. The number of rotatable bonds is 7. The van der Waals surface area contributed by atoms with E-state index in [1.807, 2.05) is 64.1 Å². The van der Waals surface area contributed by atoms with E-state index < -0.39 is 17.5 Å². The zero-order valence-corrected chi connectivity index (χ0v) is 25.1. The maximum atomic E-state index is 13.3. The molecule has 0 saturated heterocycles. The molecule has 0 saturated carbocycles. The Labute approximate surface area is 251 Å². The van der Waals surface area contributed by atoms with Crippen LogP contribution in [-0.2, 0) is 16.1 Å². The summed E-state index contributed by atoms with van der Waals surface area (Å²) in [6.45, 7) is 7.33. The summed E-state index contributed by atoms with van der Waals surface area (Å²) in [4.78, 5) is 40.8. The maximum absolute atomic E-state index is 13.3. The van der Waals surface area contributed by atoms with Gasteiger partial charge in [0.15, 0.2) is 0 Å². The van der Waals surface area contributed by atoms with Gasteiger partial charge >= 0.3 is 11.9 Å². The van der Waals surface area contributed by atoms with Crippen LogP contribution in [0.4, 0.5) is 11.4 Å². The normalized spacial score (nSPS) is 13.5. The lowest BCUT2D eigenvalue weighted by molar-refractivity contribution is -0.121. The molecular formula is C35H34N2O6. The SMILES string of the molecule is COc1cc(OC(=O)c2ccccc2C)ccc1-c1ccc2c(c1COC(=O)c1ccc(C)cc1)N(C)C(=O)C(C)(C)N2. The number of hydrogen-bond donors (Lipinski definition) is 1. The summed E-state index contributed by atoms with van der Waals surface area (Å²) < 4.78 is 17.2. The van der Waals surface area contributed by atoms with Crippen LogP contribution in [0.5, 0.6) is 11.5 Å². The Kier molecular flexibility index (Phi) is 7.96. The summed E-state index contributed by atoms with van der Waals surface area (Å²) in [6, 6.07) is 23.3. The summed E-state index contributed by atoms with van der Waals surface area (Å²) in [5.74, 6) is -0.325. The van der Waals surface area contributed by atoms with Crippen LogP contribution in [0, 0.1) is 13.8 Å². The third-order valence-corrected chi connectivity index (χ3v) is 7.58. The van der Waals surface area contributed by atoms with Crippen LogP contribution in [0.15, 0.2) is 78.9 Å². The molecule has 0 spiro atoms. The molecule has 8 nitrogen and oxygen atoms in total. The highest BCUT2D eigenvalue weighted by atomic mass is 16.5. The number of likely N-dealkylation sites (N-methyl/N-ethyl adjacent to an activating group) is 1. The minimum atomic E-state index is -0.820. The van der Waals surface area contributed by atoms with Crippen LogP contribution in [0.1, 0.15) is 51.3 Å². The van der Waals surface area contributed by atoms with E-state index in [1.54, 1.807) is 54.4 Å². The number of hydrogen-bond acceptors (Lipinski definition) is 7. The van der Waals surface area contributed by atoms with Gasteiger partial charge in [-0.25, -0.2) is 9.59 Å². The first-order valence-corrected chi connectivity index (χ1v) is 13.9. The molecule has 1 heterocycles. The molecule has 0 unspecified atom stereocenters. The number of amides is 1. The highest BCUT2D eigenvalue weighted by Crippen LogP contribution is 2.45. The van der Waals surface area contributed by atoms with E-state index in [1.165, 1.54) is 7.11 Å². The topological polar surface area (TPSA) is 94.2 Å².